The van der Waals surface area contributed by atoms with E-state index in [9.17, 15) is 5.11 Å². The van der Waals surface area contributed by atoms with Crippen molar-refractivity contribution in [3.8, 4) is 10.6 Å². The van der Waals surface area contributed by atoms with Crippen molar-refractivity contribution < 1.29 is 9.84 Å². The Bertz CT molecular complexity index is 528. The highest BCUT2D eigenvalue weighted by atomic mass is 79.9. The Morgan fingerprint density at radius 1 is 1.59 bits per heavy atom. The van der Waals surface area contributed by atoms with Gasteiger partial charge >= 0.3 is 0 Å². The number of imidazole rings is 1. The van der Waals surface area contributed by atoms with Gasteiger partial charge in [0.05, 0.1) is 42.0 Å². The summed E-state index contributed by atoms with van der Waals surface area (Å²) in [6.07, 6.45) is 1.81. The van der Waals surface area contributed by atoms with Crippen LogP contribution < -0.4 is 0 Å². The molecule has 0 bridgehead atoms. The molecule has 0 aliphatic carbocycles. The van der Waals surface area contributed by atoms with E-state index < -0.39 is 0 Å². The van der Waals surface area contributed by atoms with Crippen LogP contribution in [0.25, 0.3) is 10.6 Å². The molecule has 0 atom stereocenters. The average molecular weight is 315 g/mol. The van der Waals surface area contributed by atoms with Gasteiger partial charge in [0.25, 0.3) is 0 Å². The largest absolute Gasteiger partial charge is 0.395 e. The summed E-state index contributed by atoms with van der Waals surface area (Å²) in [7, 11) is 0. The molecule has 2 aromatic heterocycles. The molecule has 0 amide bonds. The normalized spacial score (nSPS) is 18.0. The highest BCUT2D eigenvalue weighted by Gasteiger charge is 2.42. The fourth-order valence-corrected chi connectivity index (χ4v) is 3.22. The summed E-state index contributed by atoms with van der Waals surface area (Å²) in [5, 5.41) is 11.5. The van der Waals surface area contributed by atoms with E-state index in [2.05, 4.69) is 25.9 Å². The Morgan fingerprint density at radius 2 is 2.41 bits per heavy atom. The second-order valence-electron chi connectivity index (χ2n) is 4.21. The van der Waals surface area contributed by atoms with Crippen molar-refractivity contribution in [2.75, 3.05) is 19.8 Å². The number of hydrogen-bond acceptors (Lipinski definition) is 4. The standard InChI is InChI=1S/C11H11BrN2O2S/c12-7-1-9(17-3-7)8-2-13-10(14-8)11(4-15)5-16-6-11/h1-3,15H,4-6H2,(H,13,14). The number of aromatic amines is 1. The molecule has 3 rings (SSSR count). The third-order valence-corrected chi connectivity index (χ3v) is 4.69. The summed E-state index contributed by atoms with van der Waals surface area (Å²) in [5.41, 5.74) is 0.655. The molecule has 1 aliphatic rings. The van der Waals surface area contributed by atoms with Crippen LogP contribution in [0.4, 0.5) is 0 Å². The first-order chi connectivity index (χ1) is 8.23. The van der Waals surface area contributed by atoms with Crippen molar-refractivity contribution in [3.05, 3.63) is 27.9 Å². The lowest BCUT2D eigenvalue weighted by Crippen LogP contribution is -2.50. The van der Waals surface area contributed by atoms with Crippen LogP contribution in [-0.4, -0.2) is 34.9 Å². The summed E-state index contributed by atoms with van der Waals surface area (Å²) >= 11 is 5.08. The molecule has 0 spiro atoms. The first-order valence-electron chi connectivity index (χ1n) is 5.22. The predicted octanol–water partition coefficient (Wildman–Crippen LogP) is 2.16. The number of ether oxygens (including phenoxy) is 1. The maximum atomic E-state index is 9.43. The van der Waals surface area contributed by atoms with Crippen LogP contribution in [0.2, 0.25) is 0 Å². The number of hydrogen-bond donors (Lipinski definition) is 2. The topological polar surface area (TPSA) is 58.1 Å². The molecule has 1 saturated heterocycles. The summed E-state index contributed by atoms with van der Waals surface area (Å²) in [6, 6.07) is 2.05. The number of rotatable bonds is 3. The minimum Gasteiger partial charge on any atom is -0.395 e. The van der Waals surface area contributed by atoms with Gasteiger partial charge in [-0.15, -0.1) is 11.3 Å². The molecule has 6 heteroatoms. The van der Waals surface area contributed by atoms with Crippen molar-refractivity contribution in [1.82, 2.24) is 9.97 Å². The number of thiophene rings is 1. The van der Waals surface area contributed by atoms with Gasteiger partial charge in [0, 0.05) is 9.85 Å². The van der Waals surface area contributed by atoms with Crippen LogP contribution in [-0.2, 0) is 10.2 Å². The number of nitrogens with one attached hydrogen (secondary N) is 1. The third kappa shape index (κ3) is 1.85. The SMILES string of the molecule is OCC1(c2ncc(-c3cc(Br)cs3)[nH]2)COC1. The maximum absolute atomic E-state index is 9.43. The first-order valence-corrected chi connectivity index (χ1v) is 6.89. The summed E-state index contributed by atoms with van der Waals surface area (Å²) in [6.45, 7) is 1.13. The zero-order valence-electron chi connectivity index (χ0n) is 8.94. The van der Waals surface area contributed by atoms with Gasteiger partial charge in [-0.3, -0.25) is 0 Å². The van der Waals surface area contributed by atoms with Crippen molar-refractivity contribution in [2.24, 2.45) is 0 Å². The van der Waals surface area contributed by atoms with Crippen LogP contribution in [0.15, 0.2) is 22.1 Å². The number of H-pyrrole nitrogens is 1. The summed E-state index contributed by atoms with van der Waals surface area (Å²) < 4.78 is 6.24. The maximum Gasteiger partial charge on any atom is 0.119 e. The fourth-order valence-electron chi connectivity index (χ4n) is 1.82. The van der Waals surface area contributed by atoms with Gasteiger partial charge < -0.3 is 14.8 Å². The predicted molar refractivity (Wildman–Crippen MR) is 69.2 cm³/mol. The Labute approximate surface area is 111 Å². The van der Waals surface area contributed by atoms with Gasteiger partial charge in [0.15, 0.2) is 0 Å². The molecule has 0 unspecified atom stereocenters. The van der Waals surface area contributed by atoms with E-state index in [1.165, 1.54) is 0 Å². The zero-order valence-corrected chi connectivity index (χ0v) is 11.3. The molecule has 0 saturated carbocycles. The van der Waals surface area contributed by atoms with E-state index >= 15 is 0 Å². The average Bonchev–Trinajstić information content (AvgIpc) is 2.86. The molecule has 2 N–H and O–H groups in total. The molecule has 90 valence electrons. The lowest BCUT2D eigenvalue weighted by Gasteiger charge is -2.37. The van der Waals surface area contributed by atoms with Gasteiger partial charge in [-0.2, -0.15) is 0 Å². The van der Waals surface area contributed by atoms with Gasteiger partial charge in [-0.1, -0.05) is 0 Å². The van der Waals surface area contributed by atoms with E-state index in [-0.39, 0.29) is 12.0 Å². The highest BCUT2D eigenvalue weighted by Crippen LogP contribution is 2.33. The number of aliphatic hydroxyl groups excluding tert-OH is 1. The van der Waals surface area contributed by atoms with Crippen molar-refractivity contribution in [3.63, 3.8) is 0 Å². The monoisotopic (exact) mass is 314 g/mol. The van der Waals surface area contributed by atoms with Gasteiger partial charge in [0.2, 0.25) is 0 Å². The molecule has 0 radical (unpaired) electrons. The second kappa shape index (κ2) is 4.20. The van der Waals surface area contributed by atoms with Crippen molar-refractivity contribution >= 4 is 27.3 Å². The Kier molecular flexibility index (Phi) is 2.82. The first kappa shape index (κ1) is 11.4. The van der Waals surface area contributed by atoms with E-state index in [1.807, 2.05) is 17.6 Å². The van der Waals surface area contributed by atoms with Crippen LogP contribution in [0, 0.1) is 0 Å². The number of aliphatic hydroxyl groups is 1. The minimum atomic E-state index is -0.327. The van der Waals surface area contributed by atoms with E-state index in [0.717, 1.165) is 20.9 Å². The van der Waals surface area contributed by atoms with Crippen LogP contribution in [0.1, 0.15) is 5.82 Å². The number of aromatic nitrogens is 2. The molecule has 1 fully saturated rings. The van der Waals surface area contributed by atoms with E-state index in [0.29, 0.717) is 13.2 Å². The molecule has 4 nitrogen and oxygen atoms in total. The van der Waals surface area contributed by atoms with E-state index in [1.54, 1.807) is 11.3 Å². The van der Waals surface area contributed by atoms with Crippen molar-refractivity contribution in [2.45, 2.75) is 5.41 Å². The summed E-state index contributed by atoms with van der Waals surface area (Å²) in [5.74, 6) is 0.811. The third-order valence-electron chi connectivity index (χ3n) is 2.97. The van der Waals surface area contributed by atoms with Gasteiger partial charge in [-0.05, 0) is 22.0 Å². The zero-order chi connectivity index (χ0) is 11.9. The van der Waals surface area contributed by atoms with Crippen LogP contribution in [0.3, 0.4) is 0 Å². The number of nitrogens with zero attached hydrogens (tertiary/aromatic N) is 1. The molecular weight excluding hydrogens is 304 g/mol. The molecule has 3 heterocycles. The molecule has 17 heavy (non-hydrogen) atoms. The smallest absolute Gasteiger partial charge is 0.119 e. The number of halogens is 1. The fraction of sp³-hybridized carbons (Fsp3) is 0.364. The summed E-state index contributed by atoms with van der Waals surface area (Å²) in [4.78, 5) is 8.77. The quantitative estimate of drug-likeness (QED) is 0.912. The van der Waals surface area contributed by atoms with Crippen molar-refractivity contribution in [1.29, 1.82) is 0 Å². The molecular formula is C11H11BrN2O2S. The Morgan fingerprint density at radius 3 is 2.94 bits per heavy atom. The van der Waals surface area contributed by atoms with Gasteiger partial charge in [-0.25, -0.2) is 4.98 Å². The Hall–Kier alpha value is -0.690. The lowest BCUT2D eigenvalue weighted by molar-refractivity contribution is -0.0880. The molecule has 1 aliphatic heterocycles. The van der Waals surface area contributed by atoms with E-state index in [4.69, 9.17) is 4.74 Å². The molecule has 0 aromatic carbocycles. The van der Waals surface area contributed by atoms with Gasteiger partial charge in [0.1, 0.15) is 5.82 Å². The Balaban J connectivity index is 1.92. The highest BCUT2D eigenvalue weighted by molar-refractivity contribution is 9.10. The molecule has 2 aromatic rings. The minimum absolute atomic E-state index is 0.0636. The van der Waals surface area contributed by atoms with Crippen LogP contribution >= 0.6 is 27.3 Å². The lowest BCUT2D eigenvalue weighted by atomic mass is 9.86. The van der Waals surface area contributed by atoms with Crippen LogP contribution in [0.5, 0.6) is 0 Å². The second-order valence-corrected chi connectivity index (χ2v) is 6.03.